The van der Waals surface area contributed by atoms with Crippen LogP contribution in [0, 0.1) is 6.92 Å². The van der Waals surface area contributed by atoms with E-state index in [1.807, 2.05) is 39.0 Å². The number of hydrogen-bond donors (Lipinski definition) is 1. The minimum atomic E-state index is 0.0832. The summed E-state index contributed by atoms with van der Waals surface area (Å²) in [5.41, 5.74) is 2.21. The lowest BCUT2D eigenvalue weighted by molar-refractivity contribution is 0.238. The highest BCUT2D eigenvalue weighted by Gasteiger charge is 2.20. The van der Waals surface area contributed by atoms with Crippen molar-refractivity contribution in [2.75, 3.05) is 6.54 Å². The zero-order chi connectivity index (χ0) is 14.5. The molecule has 1 aromatic heterocycles. The highest BCUT2D eigenvalue weighted by molar-refractivity contribution is 7.09. The normalized spacial score (nSPS) is 12.7. The number of nitrogens with zero attached hydrogens (tertiary/aromatic N) is 1. The second-order valence-corrected chi connectivity index (χ2v) is 6.05. The lowest BCUT2D eigenvalue weighted by Gasteiger charge is -2.21. The molecule has 0 fully saturated rings. The molecule has 0 spiro atoms. The lowest BCUT2D eigenvalue weighted by atomic mass is 10.0. The molecule has 4 heteroatoms. The van der Waals surface area contributed by atoms with Gasteiger partial charge in [0.05, 0.1) is 22.8 Å². The van der Waals surface area contributed by atoms with Crippen LogP contribution < -0.4 is 10.1 Å². The van der Waals surface area contributed by atoms with Crippen molar-refractivity contribution in [1.29, 1.82) is 0 Å². The summed E-state index contributed by atoms with van der Waals surface area (Å²) in [5, 5.41) is 6.71. The van der Waals surface area contributed by atoms with Gasteiger partial charge in [-0.3, -0.25) is 0 Å². The van der Waals surface area contributed by atoms with Crippen LogP contribution in [0.15, 0.2) is 29.6 Å². The van der Waals surface area contributed by atoms with Gasteiger partial charge in [-0.05, 0) is 33.4 Å². The molecule has 1 aromatic carbocycles. The first-order valence-electron chi connectivity index (χ1n) is 7.02. The minimum Gasteiger partial charge on any atom is -0.491 e. The van der Waals surface area contributed by atoms with Crippen LogP contribution >= 0.6 is 11.3 Å². The van der Waals surface area contributed by atoms with Crippen LogP contribution in [-0.4, -0.2) is 17.6 Å². The Kier molecular flexibility index (Phi) is 5.15. The van der Waals surface area contributed by atoms with Gasteiger partial charge >= 0.3 is 0 Å². The van der Waals surface area contributed by atoms with Crippen molar-refractivity contribution in [1.82, 2.24) is 10.3 Å². The third kappa shape index (κ3) is 3.58. The number of benzene rings is 1. The average Bonchev–Trinajstić information content (AvgIpc) is 2.83. The van der Waals surface area contributed by atoms with Crippen LogP contribution in [0.3, 0.4) is 0 Å². The third-order valence-corrected chi connectivity index (χ3v) is 3.73. The maximum atomic E-state index is 5.94. The van der Waals surface area contributed by atoms with Gasteiger partial charge in [-0.25, -0.2) is 4.98 Å². The molecule has 0 aliphatic heterocycles. The van der Waals surface area contributed by atoms with Crippen molar-refractivity contribution in [3.63, 3.8) is 0 Å². The van der Waals surface area contributed by atoms with E-state index in [4.69, 9.17) is 4.74 Å². The number of hydrogen-bond acceptors (Lipinski definition) is 4. The summed E-state index contributed by atoms with van der Waals surface area (Å²) in [6, 6.07) is 8.28. The molecule has 3 nitrogen and oxygen atoms in total. The molecular formula is C16H22N2OS. The Morgan fingerprint density at radius 3 is 2.65 bits per heavy atom. The van der Waals surface area contributed by atoms with Gasteiger partial charge in [0.15, 0.2) is 0 Å². The maximum absolute atomic E-state index is 5.94. The predicted octanol–water partition coefficient (Wildman–Crippen LogP) is 3.94. The van der Waals surface area contributed by atoms with Crippen molar-refractivity contribution in [3.05, 3.63) is 45.9 Å². The Morgan fingerprint density at radius 1 is 1.30 bits per heavy atom. The second-order valence-electron chi connectivity index (χ2n) is 4.99. The summed E-state index contributed by atoms with van der Waals surface area (Å²) in [5.74, 6) is 0.930. The number of rotatable bonds is 6. The third-order valence-electron chi connectivity index (χ3n) is 2.93. The van der Waals surface area contributed by atoms with Crippen molar-refractivity contribution >= 4 is 11.3 Å². The first-order valence-corrected chi connectivity index (χ1v) is 7.90. The zero-order valence-corrected chi connectivity index (χ0v) is 13.3. The lowest BCUT2D eigenvalue weighted by Crippen LogP contribution is -2.23. The summed E-state index contributed by atoms with van der Waals surface area (Å²) in [7, 11) is 0. The molecule has 0 saturated carbocycles. The van der Waals surface area contributed by atoms with E-state index in [-0.39, 0.29) is 12.1 Å². The predicted molar refractivity (Wildman–Crippen MR) is 84.6 cm³/mol. The molecule has 1 N–H and O–H groups in total. The minimum absolute atomic E-state index is 0.0832. The van der Waals surface area contributed by atoms with E-state index in [1.165, 1.54) is 0 Å². The number of ether oxygens (including phenoxy) is 1. The molecule has 2 aromatic rings. The van der Waals surface area contributed by atoms with E-state index in [0.29, 0.717) is 0 Å². The SMILES string of the molecule is CCNC(c1csc(C)n1)c1ccccc1OC(C)C. The zero-order valence-electron chi connectivity index (χ0n) is 12.5. The molecule has 1 unspecified atom stereocenters. The fourth-order valence-electron chi connectivity index (χ4n) is 2.17. The molecule has 0 radical (unpaired) electrons. The van der Waals surface area contributed by atoms with Crippen LogP contribution in [0.5, 0.6) is 5.75 Å². The molecule has 1 atom stereocenters. The number of thiazole rings is 1. The summed E-state index contributed by atoms with van der Waals surface area (Å²) in [6.07, 6.45) is 0.163. The molecule has 0 aliphatic carbocycles. The van der Waals surface area contributed by atoms with E-state index in [9.17, 15) is 0 Å². The van der Waals surface area contributed by atoms with Crippen LogP contribution in [0.1, 0.15) is 43.1 Å². The largest absolute Gasteiger partial charge is 0.491 e. The van der Waals surface area contributed by atoms with Gasteiger partial charge in [-0.2, -0.15) is 0 Å². The maximum Gasteiger partial charge on any atom is 0.124 e. The van der Waals surface area contributed by atoms with Crippen LogP contribution in [0.2, 0.25) is 0 Å². The Morgan fingerprint density at radius 2 is 2.05 bits per heavy atom. The van der Waals surface area contributed by atoms with E-state index in [0.717, 1.165) is 28.6 Å². The summed E-state index contributed by atoms with van der Waals surface area (Å²) < 4.78 is 5.94. The highest BCUT2D eigenvalue weighted by atomic mass is 32.1. The molecule has 108 valence electrons. The number of para-hydroxylation sites is 1. The van der Waals surface area contributed by atoms with E-state index in [2.05, 4.69) is 28.7 Å². The van der Waals surface area contributed by atoms with Gasteiger partial charge in [-0.15, -0.1) is 11.3 Å². The summed E-state index contributed by atoms with van der Waals surface area (Å²) in [4.78, 5) is 4.63. The fraction of sp³-hybridized carbons (Fsp3) is 0.438. The van der Waals surface area contributed by atoms with Crippen molar-refractivity contribution in [3.8, 4) is 5.75 Å². The number of aryl methyl sites for hydroxylation is 1. The van der Waals surface area contributed by atoms with E-state index < -0.39 is 0 Å². The van der Waals surface area contributed by atoms with E-state index >= 15 is 0 Å². The molecule has 20 heavy (non-hydrogen) atoms. The Bertz CT molecular complexity index is 551. The monoisotopic (exact) mass is 290 g/mol. The Hall–Kier alpha value is -1.39. The average molecular weight is 290 g/mol. The second kappa shape index (κ2) is 6.86. The molecular weight excluding hydrogens is 268 g/mol. The quantitative estimate of drug-likeness (QED) is 0.875. The summed E-state index contributed by atoms with van der Waals surface area (Å²) >= 11 is 1.68. The van der Waals surface area contributed by atoms with Crippen molar-refractivity contribution in [2.24, 2.45) is 0 Å². The molecule has 1 heterocycles. The van der Waals surface area contributed by atoms with Crippen LogP contribution in [0.25, 0.3) is 0 Å². The molecule has 0 saturated heterocycles. The smallest absolute Gasteiger partial charge is 0.124 e. The van der Waals surface area contributed by atoms with Crippen LogP contribution in [-0.2, 0) is 0 Å². The fourth-order valence-corrected chi connectivity index (χ4v) is 2.81. The topological polar surface area (TPSA) is 34.2 Å². The van der Waals surface area contributed by atoms with Gasteiger partial charge in [-0.1, -0.05) is 25.1 Å². The van der Waals surface area contributed by atoms with Gasteiger partial charge < -0.3 is 10.1 Å². The van der Waals surface area contributed by atoms with E-state index in [1.54, 1.807) is 11.3 Å². The molecule has 0 aliphatic rings. The number of aromatic nitrogens is 1. The van der Waals surface area contributed by atoms with Crippen LogP contribution in [0.4, 0.5) is 0 Å². The Labute approximate surface area is 125 Å². The van der Waals surface area contributed by atoms with Crippen molar-refractivity contribution < 1.29 is 4.74 Å². The number of nitrogens with one attached hydrogen (secondary N) is 1. The van der Waals surface area contributed by atoms with Crippen molar-refractivity contribution in [2.45, 2.75) is 39.8 Å². The van der Waals surface area contributed by atoms with Gasteiger partial charge in [0, 0.05) is 10.9 Å². The molecule has 0 bridgehead atoms. The van der Waals surface area contributed by atoms with Gasteiger partial charge in [0.25, 0.3) is 0 Å². The highest BCUT2D eigenvalue weighted by Crippen LogP contribution is 2.31. The first-order chi connectivity index (χ1) is 9.61. The standard InChI is InChI=1S/C16H22N2OS/c1-5-17-16(14-10-20-12(4)18-14)13-8-6-7-9-15(13)19-11(2)3/h6-11,16-17H,5H2,1-4H3. The Balaban J connectivity index is 2.38. The van der Waals surface area contributed by atoms with Gasteiger partial charge in [0.1, 0.15) is 5.75 Å². The van der Waals surface area contributed by atoms with Gasteiger partial charge in [0.2, 0.25) is 0 Å². The summed E-state index contributed by atoms with van der Waals surface area (Å²) in [6.45, 7) is 9.13. The molecule has 2 rings (SSSR count). The first kappa shape index (κ1) is 15.0. The molecule has 0 amide bonds.